The summed E-state index contributed by atoms with van der Waals surface area (Å²) in [5.41, 5.74) is 0.108. The summed E-state index contributed by atoms with van der Waals surface area (Å²) in [6, 6.07) is 3.36. The fraction of sp³-hybridized carbons (Fsp3) is 0.444. The number of rotatable bonds is 5. The molecule has 2 heterocycles. The number of aromatic nitrogens is 4. The van der Waals surface area contributed by atoms with Crippen LogP contribution in [-0.2, 0) is 0 Å². The fourth-order valence-electron chi connectivity index (χ4n) is 1.27. The van der Waals surface area contributed by atoms with Gasteiger partial charge in [0, 0.05) is 12.6 Å². The van der Waals surface area contributed by atoms with Crippen molar-refractivity contribution in [3.8, 4) is 5.88 Å². The molecule has 2 aromatic heterocycles. The van der Waals surface area contributed by atoms with Gasteiger partial charge in [0.25, 0.3) is 0 Å². The molecule has 7 heteroatoms. The number of nitrogens with one attached hydrogen (secondary N) is 2. The van der Waals surface area contributed by atoms with E-state index in [9.17, 15) is 4.79 Å². The van der Waals surface area contributed by atoms with Crippen LogP contribution in [0, 0.1) is 0 Å². The molecule has 2 N–H and O–H groups in total. The van der Waals surface area contributed by atoms with Crippen LogP contribution in [0.25, 0.3) is 5.65 Å². The van der Waals surface area contributed by atoms with Crippen molar-refractivity contribution in [2.24, 2.45) is 0 Å². The zero-order valence-electron chi connectivity index (χ0n) is 8.93. The lowest BCUT2D eigenvalue weighted by Gasteiger charge is -2.04. The number of hydrogen-bond acceptors (Lipinski definition) is 5. The predicted octanol–water partition coefficient (Wildman–Crippen LogP) is -0.594. The molecule has 7 nitrogen and oxygen atoms in total. The second kappa shape index (κ2) is 4.75. The van der Waals surface area contributed by atoms with Crippen LogP contribution in [-0.4, -0.2) is 39.5 Å². The van der Waals surface area contributed by atoms with Gasteiger partial charge in [0.2, 0.25) is 5.88 Å². The smallest absolute Gasteiger partial charge is 0.364 e. The molecule has 2 aromatic rings. The van der Waals surface area contributed by atoms with E-state index in [2.05, 4.69) is 20.6 Å². The van der Waals surface area contributed by atoms with Crippen molar-refractivity contribution in [1.29, 1.82) is 0 Å². The number of ether oxygens (including phenoxy) is 1. The van der Waals surface area contributed by atoms with Crippen LogP contribution in [0.1, 0.15) is 6.92 Å². The molecule has 0 fully saturated rings. The Morgan fingerprint density at radius 2 is 2.44 bits per heavy atom. The highest BCUT2D eigenvalue weighted by Crippen LogP contribution is 2.04. The summed E-state index contributed by atoms with van der Waals surface area (Å²) in [6.45, 7) is 4.18. The average molecular weight is 223 g/mol. The minimum absolute atomic E-state index is 0.368. The Kier molecular flexibility index (Phi) is 3.16. The van der Waals surface area contributed by atoms with Gasteiger partial charge in [-0.25, -0.2) is 9.89 Å². The van der Waals surface area contributed by atoms with E-state index in [1.807, 2.05) is 6.92 Å². The summed E-state index contributed by atoms with van der Waals surface area (Å²) in [7, 11) is 0. The Morgan fingerprint density at radius 3 is 3.25 bits per heavy atom. The van der Waals surface area contributed by atoms with Gasteiger partial charge in [0.15, 0.2) is 5.65 Å². The third-order valence-electron chi connectivity index (χ3n) is 2.03. The third-order valence-corrected chi connectivity index (χ3v) is 2.03. The van der Waals surface area contributed by atoms with E-state index >= 15 is 0 Å². The molecule has 16 heavy (non-hydrogen) atoms. The van der Waals surface area contributed by atoms with Crippen LogP contribution in [0.2, 0.25) is 0 Å². The van der Waals surface area contributed by atoms with Gasteiger partial charge in [-0.15, -0.1) is 5.10 Å². The van der Waals surface area contributed by atoms with Crippen molar-refractivity contribution >= 4 is 5.65 Å². The first-order chi connectivity index (χ1) is 7.81. The average Bonchev–Trinajstić information content (AvgIpc) is 2.67. The van der Waals surface area contributed by atoms with Gasteiger partial charge in [-0.1, -0.05) is 6.92 Å². The molecule has 2 rings (SSSR count). The Hall–Kier alpha value is -1.89. The minimum atomic E-state index is -0.368. The molecule has 0 aliphatic carbocycles. The summed E-state index contributed by atoms with van der Waals surface area (Å²) in [5.74, 6) is 0.411. The summed E-state index contributed by atoms with van der Waals surface area (Å²) < 4.78 is 6.53. The maximum Gasteiger partial charge on any atom is 0.364 e. The van der Waals surface area contributed by atoms with E-state index in [-0.39, 0.29) is 5.69 Å². The molecule has 0 radical (unpaired) electrons. The monoisotopic (exact) mass is 223 g/mol. The maximum absolute atomic E-state index is 11.2. The largest absolute Gasteiger partial charge is 0.475 e. The van der Waals surface area contributed by atoms with Gasteiger partial charge < -0.3 is 10.1 Å². The first-order valence-electron chi connectivity index (χ1n) is 5.09. The lowest BCUT2D eigenvalue weighted by atomic mass is 10.5. The van der Waals surface area contributed by atoms with Crippen molar-refractivity contribution in [3.05, 3.63) is 22.6 Å². The summed E-state index contributed by atoms with van der Waals surface area (Å²) in [6.07, 6.45) is 0. The van der Waals surface area contributed by atoms with Crippen molar-refractivity contribution in [2.45, 2.75) is 6.92 Å². The SMILES string of the molecule is CCNCCOc1ccc2n[nH]c(=O)n2n1. The Balaban J connectivity index is 2.07. The first kappa shape index (κ1) is 10.6. The van der Waals surface area contributed by atoms with Crippen molar-refractivity contribution < 1.29 is 4.74 Å². The van der Waals surface area contributed by atoms with E-state index in [0.717, 1.165) is 13.1 Å². The van der Waals surface area contributed by atoms with Gasteiger partial charge >= 0.3 is 5.69 Å². The molecule has 0 aromatic carbocycles. The molecule has 0 saturated carbocycles. The van der Waals surface area contributed by atoms with Gasteiger partial charge in [0.1, 0.15) is 6.61 Å². The Morgan fingerprint density at radius 1 is 1.56 bits per heavy atom. The van der Waals surface area contributed by atoms with E-state index in [4.69, 9.17) is 4.74 Å². The quantitative estimate of drug-likeness (QED) is 0.662. The van der Waals surface area contributed by atoms with Gasteiger partial charge in [-0.05, 0) is 12.6 Å². The second-order valence-corrected chi connectivity index (χ2v) is 3.17. The number of fused-ring (bicyclic) bond motifs is 1. The lowest BCUT2D eigenvalue weighted by Crippen LogP contribution is -2.21. The van der Waals surface area contributed by atoms with E-state index in [0.29, 0.717) is 18.1 Å². The van der Waals surface area contributed by atoms with Crippen molar-refractivity contribution in [3.63, 3.8) is 0 Å². The fourth-order valence-corrected chi connectivity index (χ4v) is 1.27. The number of H-pyrrole nitrogens is 1. The molecular formula is C9H13N5O2. The minimum Gasteiger partial charge on any atom is -0.475 e. The van der Waals surface area contributed by atoms with Crippen LogP contribution in [0.4, 0.5) is 0 Å². The van der Waals surface area contributed by atoms with Crippen LogP contribution >= 0.6 is 0 Å². The normalized spacial score (nSPS) is 10.8. The third kappa shape index (κ3) is 2.19. The van der Waals surface area contributed by atoms with Crippen molar-refractivity contribution in [2.75, 3.05) is 19.7 Å². The highest BCUT2D eigenvalue weighted by molar-refractivity contribution is 5.35. The van der Waals surface area contributed by atoms with Crippen LogP contribution in [0.5, 0.6) is 5.88 Å². The van der Waals surface area contributed by atoms with E-state index < -0.39 is 0 Å². The van der Waals surface area contributed by atoms with Crippen LogP contribution < -0.4 is 15.7 Å². The van der Waals surface area contributed by atoms with Gasteiger partial charge in [-0.3, -0.25) is 0 Å². The molecule has 0 amide bonds. The van der Waals surface area contributed by atoms with E-state index in [1.165, 1.54) is 4.52 Å². The molecule has 0 saturated heterocycles. The standard InChI is InChI=1S/C9H13N5O2/c1-2-10-5-6-16-8-4-3-7-11-12-9(15)14(7)13-8/h3-4,10H,2,5-6H2,1H3,(H,12,15). The highest BCUT2D eigenvalue weighted by atomic mass is 16.5. The lowest BCUT2D eigenvalue weighted by molar-refractivity contribution is 0.299. The maximum atomic E-state index is 11.2. The molecule has 0 aliphatic heterocycles. The molecule has 0 aliphatic rings. The molecule has 0 atom stereocenters. The first-order valence-corrected chi connectivity index (χ1v) is 5.09. The summed E-state index contributed by atoms with van der Waals surface area (Å²) in [5, 5.41) is 13.2. The zero-order chi connectivity index (χ0) is 11.4. The molecular weight excluding hydrogens is 210 g/mol. The Bertz CT molecular complexity index is 518. The number of nitrogens with zero attached hydrogens (tertiary/aromatic N) is 3. The van der Waals surface area contributed by atoms with E-state index in [1.54, 1.807) is 12.1 Å². The number of likely N-dealkylation sites (N-methyl/N-ethyl adjacent to an activating group) is 1. The molecule has 0 unspecified atom stereocenters. The second-order valence-electron chi connectivity index (χ2n) is 3.17. The molecule has 86 valence electrons. The number of hydrogen-bond donors (Lipinski definition) is 2. The topological polar surface area (TPSA) is 84.3 Å². The molecule has 0 bridgehead atoms. The molecule has 0 spiro atoms. The highest BCUT2D eigenvalue weighted by Gasteiger charge is 2.02. The zero-order valence-corrected chi connectivity index (χ0v) is 8.93. The summed E-state index contributed by atoms with van der Waals surface area (Å²) in [4.78, 5) is 11.2. The summed E-state index contributed by atoms with van der Waals surface area (Å²) >= 11 is 0. The number of aromatic amines is 1. The van der Waals surface area contributed by atoms with Gasteiger partial charge in [0.05, 0.1) is 0 Å². The van der Waals surface area contributed by atoms with Crippen LogP contribution in [0.3, 0.4) is 0 Å². The van der Waals surface area contributed by atoms with Crippen molar-refractivity contribution in [1.82, 2.24) is 25.1 Å². The predicted molar refractivity (Wildman–Crippen MR) is 57.6 cm³/mol. The van der Waals surface area contributed by atoms with Gasteiger partial charge in [-0.2, -0.15) is 9.61 Å². The Labute approximate surface area is 91.4 Å². The van der Waals surface area contributed by atoms with Crippen LogP contribution in [0.15, 0.2) is 16.9 Å².